The van der Waals surface area contributed by atoms with Crippen molar-refractivity contribution in [2.75, 3.05) is 0 Å². The van der Waals surface area contributed by atoms with E-state index in [0.717, 1.165) is 0 Å². The Morgan fingerprint density at radius 1 is 0.560 bits per heavy atom. The normalized spacial score (nSPS) is 12.9. The molecule has 5 heteroatoms. The number of ether oxygens (including phenoxy) is 1. The molecule has 1 aliphatic heterocycles. The fraction of sp³-hybridized carbons (Fsp3) is 0. The molecule has 0 spiro atoms. The topological polar surface area (TPSA) is 43.4 Å². The van der Waals surface area contributed by atoms with Gasteiger partial charge in [-0.15, -0.1) is 0 Å². The quantitative estimate of drug-likeness (QED) is 0.434. The summed E-state index contributed by atoms with van der Waals surface area (Å²) in [6, 6.07) is 18.2. The first-order chi connectivity index (χ1) is 12.1. The molecule has 122 valence electrons. The summed E-state index contributed by atoms with van der Waals surface area (Å²) < 4.78 is 4.87. The molecule has 0 saturated heterocycles. The van der Waals surface area contributed by atoms with Crippen LogP contribution in [0.5, 0.6) is 0 Å². The van der Waals surface area contributed by atoms with E-state index >= 15 is 0 Å². The predicted molar refractivity (Wildman–Crippen MR) is 97.1 cm³/mol. The molecule has 0 N–H and O–H groups in total. The Morgan fingerprint density at radius 2 is 0.920 bits per heavy atom. The van der Waals surface area contributed by atoms with Gasteiger partial charge in [-0.05, 0) is 11.1 Å². The van der Waals surface area contributed by atoms with Crippen LogP contribution in [0, 0.1) is 0 Å². The standard InChI is InChI=1S/C20H10Cl2O3/c21-17-13(11-7-3-1-4-8-11)15-16(20(24)25-19(15)23)14(18(17)22)12-9-5-2-6-10-12/h1-10H. The van der Waals surface area contributed by atoms with E-state index in [1.54, 1.807) is 24.3 Å². The monoisotopic (exact) mass is 368 g/mol. The molecule has 25 heavy (non-hydrogen) atoms. The number of fused-ring (bicyclic) bond motifs is 1. The van der Waals surface area contributed by atoms with Crippen molar-refractivity contribution in [3.8, 4) is 22.3 Å². The van der Waals surface area contributed by atoms with Crippen LogP contribution in [0.4, 0.5) is 0 Å². The fourth-order valence-electron chi connectivity index (χ4n) is 3.04. The van der Waals surface area contributed by atoms with Crippen molar-refractivity contribution in [1.82, 2.24) is 0 Å². The molecule has 1 aliphatic rings. The van der Waals surface area contributed by atoms with Crippen LogP contribution < -0.4 is 0 Å². The maximum Gasteiger partial charge on any atom is 0.347 e. The Bertz CT molecular complexity index is 930. The van der Waals surface area contributed by atoms with E-state index in [-0.39, 0.29) is 21.2 Å². The van der Waals surface area contributed by atoms with E-state index < -0.39 is 11.9 Å². The van der Waals surface area contributed by atoms with Crippen molar-refractivity contribution in [2.45, 2.75) is 0 Å². The predicted octanol–water partition coefficient (Wildman–Crippen LogP) is 5.64. The number of esters is 2. The third-order valence-corrected chi connectivity index (χ3v) is 4.95. The maximum atomic E-state index is 12.4. The number of cyclic esters (lactones) is 2. The molecule has 0 aromatic heterocycles. The van der Waals surface area contributed by atoms with Crippen molar-refractivity contribution in [3.05, 3.63) is 81.8 Å². The molecule has 3 nitrogen and oxygen atoms in total. The van der Waals surface area contributed by atoms with Gasteiger partial charge in [0.25, 0.3) is 0 Å². The van der Waals surface area contributed by atoms with Crippen LogP contribution in [0.3, 0.4) is 0 Å². The fourth-order valence-corrected chi connectivity index (χ4v) is 3.63. The summed E-state index contributed by atoms with van der Waals surface area (Å²) in [5.74, 6) is -1.43. The maximum absolute atomic E-state index is 12.4. The Hall–Kier alpha value is -2.62. The Kier molecular flexibility index (Phi) is 3.83. The van der Waals surface area contributed by atoms with Crippen LogP contribution >= 0.6 is 23.2 Å². The summed E-state index contributed by atoms with van der Waals surface area (Å²) in [6.07, 6.45) is 0. The molecule has 0 radical (unpaired) electrons. The second kappa shape index (κ2) is 6.03. The molecule has 0 fully saturated rings. The number of carbonyl (C=O) groups excluding carboxylic acids is 2. The highest BCUT2D eigenvalue weighted by molar-refractivity contribution is 6.47. The lowest BCUT2D eigenvalue weighted by molar-refractivity contribution is 0.0444. The van der Waals surface area contributed by atoms with Crippen molar-refractivity contribution in [3.63, 3.8) is 0 Å². The molecule has 0 aliphatic carbocycles. The van der Waals surface area contributed by atoms with Gasteiger partial charge in [-0.2, -0.15) is 0 Å². The SMILES string of the molecule is O=C1OC(=O)c2c1c(-c1ccccc1)c(Cl)c(Cl)c2-c1ccccc1. The first kappa shape index (κ1) is 15.9. The van der Waals surface area contributed by atoms with Gasteiger partial charge in [-0.3, -0.25) is 0 Å². The van der Waals surface area contributed by atoms with Gasteiger partial charge in [-0.1, -0.05) is 83.9 Å². The minimum Gasteiger partial charge on any atom is -0.386 e. The van der Waals surface area contributed by atoms with Gasteiger partial charge in [0.15, 0.2) is 0 Å². The van der Waals surface area contributed by atoms with Crippen molar-refractivity contribution in [2.24, 2.45) is 0 Å². The van der Waals surface area contributed by atoms with Crippen LogP contribution in [-0.4, -0.2) is 11.9 Å². The van der Waals surface area contributed by atoms with Crippen LogP contribution in [-0.2, 0) is 4.74 Å². The number of halogens is 2. The number of rotatable bonds is 2. The minimum atomic E-state index is -0.713. The largest absolute Gasteiger partial charge is 0.386 e. The molecule has 0 unspecified atom stereocenters. The van der Waals surface area contributed by atoms with Crippen LogP contribution in [0.1, 0.15) is 20.7 Å². The zero-order chi connectivity index (χ0) is 17.6. The van der Waals surface area contributed by atoms with Gasteiger partial charge >= 0.3 is 11.9 Å². The van der Waals surface area contributed by atoms with E-state index in [4.69, 9.17) is 27.9 Å². The summed E-state index contributed by atoms with van der Waals surface area (Å²) in [6.45, 7) is 0. The first-order valence-electron chi connectivity index (χ1n) is 7.52. The molecule has 0 atom stereocenters. The average molecular weight is 369 g/mol. The highest BCUT2D eigenvalue weighted by Crippen LogP contribution is 2.47. The smallest absolute Gasteiger partial charge is 0.347 e. The van der Waals surface area contributed by atoms with E-state index in [1.165, 1.54) is 0 Å². The summed E-state index contributed by atoms with van der Waals surface area (Å²) in [5, 5.41) is 0.439. The molecular weight excluding hydrogens is 359 g/mol. The van der Waals surface area contributed by atoms with Gasteiger partial charge in [-0.25, -0.2) is 9.59 Å². The van der Waals surface area contributed by atoms with E-state index in [9.17, 15) is 9.59 Å². The third-order valence-electron chi connectivity index (χ3n) is 4.10. The lowest BCUT2D eigenvalue weighted by atomic mass is 9.90. The van der Waals surface area contributed by atoms with Crippen LogP contribution in [0.15, 0.2) is 60.7 Å². The number of hydrogen-bond donors (Lipinski definition) is 0. The minimum absolute atomic E-state index is 0.157. The summed E-state index contributed by atoms with van der Waals surface area (Å²) in [4.78, 5) is 24.7. The molecule has 3 aromatic carbocycles. The van der Waals surface area contributed by atoms with Crippen LogP contribution in [0.2, 0.25) is 10.0 Å². The van der Waals surface area contributed by atoms with E-state index in [2.05, 4.69) is 0 Å². The van der Waals surface area contributed by atoms with E-state index in [0.29, 0.717) is 22.3 Å². The lowest BCUT2D eigenvalue weighted by Crippen LogP contribution is -2.01. The van der Waals surface area contributed by atoms with Crippen molar-refractivity contribution in [1.29, 1.82) is 0 Å². The van der Waals surface area contributed by atoms with Gasteiger partial charge in [0, 0.05) is 11.1 Å². The van der Waals surface area contributed by atoms with E-state index in [1.807, 2.05) is 36.4 Å². The van der Waals surface area contributed by atoms with Gasteiger partial charge in [0.1, 0.15) is 0 Å². The number of carbonyl (C=O) groups is 2. The number of hydrogen-bond acceptors (Lipinski definition) is 3. The summed E-state index contributed by atoms with van der Waals surface area (Å²) >= 11 is 13.1. The summed E-state index contributed by atoms with van der Waals surface area (Å²) in [5.41, 5.74) is 2.53. The zero-order valence-corrected chi connectivity index (χ0v) is 14.3. The number of benzene rings is 3. The van der Waals surface area contributed by atoms with Gasteiger partial charge < -0.3 is 4.74 Å². The molecular formula is C20H10Cl2O3. The molecule has 0 bridgehead atoms. The Labute approximate surface area is 153 Å². The second-order valence-corrected chi connectivity index (χ2v) is 6.29. The molecule has 3 aromatic rings. The van der Waals surface area contributed by atoms with Gasteiger partial charge in [0.2, 0.25) is 0 Å². The summed E-state index contributed by atoms with van der Waals surface area (Å²) in [7, 11) is 0. The molecule has 1 heterocycles. The second-order valence-electron chi connectivity index (χ2n) is 5.54. The van der Waals surface area contributed by atoms with Crippen LogP contribution in [0.25, 0.3) is 22.3 Å². The Balaban J connectivity index is 2.14. The van der Waals surface area contributed by atoms with Crippen molar-refractivity contribution >= 4 is 35.1 Å². The molecule has 0 amide bonds. The van der Waals surface area contributed by atoms with Crippen molar-refractivity contribution < 1.29 is 14.3 Å². The Morgan fingerprint density at radius 3 is 1.28 bits per heavy atom. The lowest BCUT2D eigenvalue weighted by Gasteiger charge is -2.15. The average Bonchev–Trinajstić information content (AvgIpc) is 2.92. The molecule has 4 rings (SSSR count). The van der Waals surface area contributed by atoms with Gasteiger partial charge in [0.05, 0.1) is 21.2 Å². The zero-order valence-electron chi connectivity index (χ0n) is 12.8. The first-order valence-corrected chi connectivity index (χ1v) is 8.27. The highest BCUT2D eigenvalue weighted by Gasteiger charge is 2.38. The highest BCUT2D eigenvalue weighted by atomic mass is 35.5. The third kappa shape index (κ3) is 2.44. The molecule has 0 saturated carbocycles.